The van der Waals surface area contributed by atoms with Gasteiger partial charge in [-0.15, -0.1) is 0 Å². The number of carbonyl (C=O) groups is 2. The third kappa shape index (κ3) is 2.21. The fourth-order valence-electron chi connectivity index (χ4n) is 4.80. The molecule has 2 aromatic rings. The van der Waals surface area contributed by atoms with Gasteiger partial charge in [0.15, 0.2) is 0 Å². The molecule has 26 heavy (non-hydrogen) atoms. The predicted octanol–water partition coefficient (Wildman–Crippen LogP) is 1.94. The van der Waals surface area contributed by atoms with Gasteiger partial charge in [-0.2, -0.15) is 0 Å². The Kier molecular flexibility index (Phi) is 3.29. The fourth-order valence-corrected chi connectivity index (χ4v) is 4.80. The summed E-state index contributed by atoms with van der Waals surface area (Å²) in [6, 6.07) is 13.3. The van der Waals surface area contributed by atoms with E-state index in [0.717, 1.165) is 30.6 Å². The molecular weight excluding hydrogens is 328 g/mol. The van der Waals surface area contributed by atoms with Crippen molar-refractivity contribution >= 4 is 17.5 Å². The number of nitrogens with one attached hydrogen (secondary N) is 2. The van der Waals surface area contributed by atoms with Gasteiger partial charge in [0.1, 0.15) is 5.66 Å². The van der Waals surface area contributed by atoms with Crippen LogP contribution >= 0.6 is 0 Å². The Morgan fingerprint density at radius 1 is 1.15 bits per heavy atom. The van der Waals surface area contributed by atoms with Crippen molar-refractivity contribution in [3.05, 3.63) is 59.9 Å². The minimum absolute atomic E-state index is 0.0268. The van der Waals surface area contributed by atoms with Crippen molar-refractivity contribution in [3.8, 4) is 0 Å². The predicted molar refractivity (Wildman–Crippen MR) is 96.5 cm³/mol. The maximum Gasteiger partial charge on any atom is 0.255 e. The molecule has 6 nitrogen and oxygen atoms in total. The average molecular weight is 348 g/mol. The van der Waals surface area contributed by atoms with Crippen molar-refractivity contribution in [2.75, 3.05) is 5.32 Å². The summed E-state index contributed by atoms with van der Waals surface area (Å²) in [5, 5.41) is 6.71. The number of nitrogens with zero attached hydrogens (tertiary/aromatic N) is 2. The zero-order valence-corrected chi connectivity index (χ0v) is 14.3. The van der Waals surface area contributed by atoms with Gasteiger partial charge in [0.05, 0.1) is 18.0 Å². The van der Waals surface area contributed by atoms with Crippen molar-refractivity contribution in [3.63, 3.8) is 0 Å². The first-order valence-electron chi connectivity index (χ1n) is 9.07. The van der Waals surface area contributed by atoms with E-state index in [0.29, 0.717) is 12.0 Å². The summed E-state index contributed by atoms with van der Waals surface area (Å²) in [5.74, 6) is 0.0204. The number of anilines is 1. The van der Waals surface area contributed by atoms with Gasteiger partial charge in [0.2, 0.25) is 5.91 Å². The van der Waals surface area contributed by atoms with Crippen molar-refractivity contribution in [1.29, 1.82) is 0 Å². The molecule has 132 valence electrons. The molecule has 2 saturated heterocycles. The second kappa shape index (κ2) is 5.56. The molecule has 2 N–H and O–H groups in total. The molecule has 4 heterocycles. The number of hydrogen-bond donors (Lipinski definition) is 2. The van der Waals surface area contributed by atoms with Crippen LogP contribution in [0.1, 0.15) is 35.3 Å². The SMILES string of the molecule is O=C1N[C@@]2(C[C@@H]3CC[C@@H]2N3C(=O)Cc2ccccn2)Nc2ccccc21. The fraction of sp³-hybridized carbons (Fsp3) is 0.350. The molecule has 0 aliphatic carbocycles. The standard InChI is InChI=1S/C20H20N4O2/c25-18(11-13-5-3-4-10-21-13)24-14-8-9-17(24)20(12-14)22-16-7-2-1-6-15(16)19(26)23-20/h1-7,10,14,17,22H,8-9,11-12H2,(H,23,26)/t14-,17-,20+/m0/s1. The summed E-state index contributed by atoms with van der Waals surface area (Å²) in [6.45, 7) is 0. The van der Waals surface area contributed by atoms with Crippen molar-refractivity contribution < 1.29 is 9.59 Å². The van der Waals surface area contributed by atoms with Crippen molar-refractivity contribution in [2.24, 2.45) is 0 Å². The second-order valence-electron chi connectivity index (χ2n) is 7.35. The highest BCUT2D eigenvalue weighted by atomic mass is 16.2. The van der Waals surface area contributed by atoms with Crippen molar-refractivity contribution in [2.45, 2.75) is 43.4 Å². The van der Waals surface area contributed by atoms with Crippen molar-refractivity contribution in [1.82, 2.24) is 15.2 Å². The van der Waals surface area contributed by atoms with E-state index in [-0.39, 0.29) is 23.9 Å². The molecule has 3 aliphatic rings. The molecule has 1 spiro atoms. The minimum atomic E-state index is -0.561. The molecule has 1 aromatic heterocycles. The van der Waals surface area contributed by atoms with Gasteiger partial charge in [-0.3, -0.25) is 14.6 Å². The topological polar surface area (TPSA) is 74.3 Å². The Labute approximate surface area is 151 Å². The molecular formula is C20H20N4O2. The summed E-state index contributed by atoms with van der Waals surface area (Å²) in [7, 11) is 0. The largest absolute Gasteiger partial charge is 0.360 e. The number of fused-ring (bicyclic) bond motifs is 4. The van der Waals surface area contributed by atoms with Crippen LogP contribution in [0, 0.1) is 0 Å². The summed E-state index contributed by atoms with van der Waals surface area (Å²) in [4.78, 5) is 31.9. The van der Waals surface area contributed by atoms with Crippen LogP contribution in [0.25, 0.3) is 0 Å². The lowest BCUT2D eigenvalue weighted by Crippen LogP contribution is -2.64. The van der Waals surface area contributed by atoms with Crippen LogP contribution < -0.4 is 10.6 Å². The summed E-state index contributed by atoms with van der Waals surface area (Å²) in [5.41, 5.74) is 1.73. The lowest BCUT2D eigenvalue weighted by atomic mass is 9.86. The van der Waals surface area contributed by atoms with E-state index >= 15 is 0 Å². The van der Waals surface area contributed by atoms with E-state index in [2.05, 4.69) is 15.6 Å². The van der Waals surface area contributed by atoms with Crippen LogP contribution in [0.5, 0.6) is 0 Å². The van der Waals surface area contributed by atoms with E-state index in [9.17, 15) is 9.59 Å². The highest BCUT2D eigenvalue weighted by Gasteiger charge is 2.59. The van der Waals surface area contributed by atoms with E-state index in [1.807, 2.05) is 47.4 Å². The Balaban J connectivity index is 1.43. The van der Waals surface area contributed by atoms with Gasteiger partial charge < -0.3 is 15.5 Å². The number of pyridine rings is 1. The van der Waals surface area contributed by atoms with Crippen LogP contribution in [0.2, 0.25) is 0 Å². The molecule has 1 aromatic carbocycles. The molecule has 2 bridgehead atoms. The average Bonchev–Trinajstić information content (AvgIpc) is 3.18. The second-order valence-corrected chi connectivity index (χ2v) is 7.35. The number of amides is 2. The van der Waals surface area contributed by atoms with E-state index in [4.69, 9.17) is 0 Å². The van der Waals surface area contributed by atoms with Crippen LogP contribution in [0.3, 0.4) is 0 Å². The smallest absolute Gasteiger partial charge is 0.255 e. The number of rotatable bonds is 2. The lowest BCUT2D eigenvalue weighted by molar-refractivity contribution is -0.132. The summed E-state index contributed by atoms with van der Waals surface area (Å²) in [6.07, 6.45) is 4.64. The van der Waals surface area contributed by atoms with Crippen LogP contribution in [-0.4, -0.2) is 39.4 Å². The maximum atomic E-state index is 13.0. The lowest BCUT2D eigenvalue weighted by Gasteiger charge is -2.43. The Morgan fingerprint density at radius 2 is 2.00 bits per heavy atom. The van der Waals surface area contributed by atoms with Gasteiger partial charge in [-0.25, -0.2) is 0 Å². The number of carbonyl (C=O) groups excluding carboxylic acids is 2. The molecule has 0 radical (unpaired) electrons. The first-order valence-corrected chi connectivity index (χ1v) is 9.07. The Morgan fingerprint density at radius 3 is 2.85 bits per heavy atom. The third-order valence-electron chi connectivity index (χ3n) is 5.84. The van der Waals surface area contributed by atoms with Crippen LogP contribution in [0.4, 0.5) is 5.69 Å². The van der Waals surface area contributed by atoms with Gasteiger partial charge >= 0.3 is 0 Å². The van der Waals surface area contributed by atoms with Gasteiger partial charge in [0.25, 0.3) is 5.91 Å². The normalized spacial score (nSPS) is 28.6. The minimum Gasteiger partial charge on any atom is -0.360 e. The van der Waals surface area contributed by atoms with Gasteiger partial charge in [-0.05, 0) is 37.1 Å². The number of para-hydroxylation sites is 1. The number of hydrogen-bond acceptors (Lipinski definition) is 4. The van der Waals surface area contributed by atoms with Gasteiger partial charge in [0, 0.05) is 30.0 Å². The first kappa shape index (κ1) is 15.4. The summed E-state index contributed by atoms with van der Waals surface area (Å²) < 4.78 is 0. The zero-order chi connectivity index (χ0) is 17.7. The third-order valence-corrected chi connectivity index (χ3v) is 5.84. The Bertz CT molecular complexity index is 884. The quantitative estimate of drug-likeness (QED) is 0.870. The molecule has 2 amide bonds. The zero-order valence-electron chi connectivity index (χ0n) is 14.3. The highest BCUT2D eigenvalue weighted by Crippen LogP contribution is 2.46. The maximum absolute atomic E-state index is 13.0. The molecule has 6 heteroatoms. The monoisotopic (exact) mass is 348 g/mol. The van der Waals surface area contributed by atoms with Gasteiger partial charge in [-0.1, -0.05) is 18.2 Å². The molecule has 3 atom stereocenters. The molecule has 5 rings (SSSR count). The number of aromatic nitrogens is 1. The van der Waals surface area contributed by atoms with Crippen LogP contribution in [-0.2, 0) is 11.2 Å². The van der Waals surface area contributed by atoms with E-state index < -0.39 is 5.66 Å². The first-order chi connectivity index (χ1) is 12.7. The highest BCUT2D eigenvalue weighted by molar-refractivity contribution is 6.02. The molecule has 0 unspecified atom stereocenters. The molecule has 2 fully saturated rings. The van der Waals surface area contributed by atoms with Crippen LogP contribution in [0.15, 0.2) is 48.7 Å². The molecule has 3 aliphatic heterocycles. The molecule has 0 saturated carbocycles. The van der Waals surface area contributed by atoms with E-state index in [1.165, 1.54) is 0 Å². The Hall–Kier alpha value is -2.89. The number of benzene rings is 1. The summed E-state index contributed by atoms with van der Waals surface area (Å²) >= 11 is 0. The van der Waals surface area contributed by atoms with E-state index in [1.54, 1.807) is 6.20 Å².